The largest absolute Gasteiger partial charge is 0.480 e. The van der Waals surface area contributed by atoms with E-state index in [1.165, 1.54) is 24.2 Å². The molecule has 1 aromatic rings. The van der Waals surface area contributed by atoms with Crippen LogP contribution in [0.5, 0.6) is 5.88 Å². The van der Waals surface area contributed by atoms with Crippen LogP contribution in [0.15, 0.2) is 12.5 Å². The number of hydrogen-bond acceptors (Lipinski definition) is 3. The molecule has 0 saturated carbocycles. The second-order valence-corrected chi connectivity index (χ2v) is 1.98. The van der Waals surface area contributed by atoms with E-state index in [0.717, 1.165) is 0 Å². The summed E-state index contributed by atoms with van der Waals surface area (Å²) in [5.74, 6) is -0.476. The lowest BCUT2D eigenvalue weighted by atomic mass is 10.6. The van der Waals surface area contributed by atoms with E-state index in [1.807, 2.05) is 0 Å². The smallest absolute Gasteiger partial charge is 0.323 e. The van der Waals surface area contributed by atoms with Crippen LogP contribution in [0.25, 0.3) is 0 Å². The van der Waals surface area contributed by atoms with Crippen molar-refractivity contribution in [2.24, 2.45) is 0 Å². The maximum atomic E-state index is 10.2. The molecule has 0 aromatic carbocycles. The molecule has 1 heterocycles. The zero-order chi connectivity index (χ0) is 8.27. The van der Waals surface area contributed by atoms with Crippen LogP contribution in [-0.4, -0.2) is 27.7 Å². The standard InChI is InChI=1S/C6H8N2O3/c1-11-5-2-8(4-7-5)3-6(9)10/h2,4H,3H2,1H3,(H,9,10). The predicted octanol–water partition coefficient (Wildman–Crippen LogP) is -0.0237. The number of nitrogens with zero attached hydrogens (tertiary/aromatic N) is 2. The van der Waals surface area contributed by atoms with Crippen molar-refractivity contribution in [2.45, 2.75) is 6.54 Å². The van der Waals surface area contributed by atoms with E-state index in [4.69, 9.17) is 9.84 Å². The maximum Gasteiger partial charge on any atom is 0.323 e. The molecule has 5 heteroatoms. The highest BCUT2D eigenvalue weighted by molar-refractivity contribution is 5.66. The average molecular weight is 156 g/mol. The number of methoxy groups -OCH3 is 1. The van der Waals surface area contributed by atoms with Crippen LogP contribution < -0.4 is 4.74 Å². The highest BCUT2D eigenvalue weighted by Crippen LogP contribution is 2.03. The van der Waals surface area contributed by atoms with Gasteiger partial charge in [0.1, 0.15) is 6.54 Å². The van der Waals surface area contributed by atoms with Crippen LogP contribution in [0.4, 0.5) is 0 Å². The minimum absolute atomic E-state index is 0.0869. The van der Waals surface area contributed by atoms with Gasteiger partial charge in [-0.1, -0.05) is 0 Å². The van der Waals surface area contributed by atoms with Crippen molar-refractivity contribution in [3.8, 4) is 5.88 Å². The van der Waals surface area contributed by atoms with Crippen LogP contribution in [-0.2, 0) is 11.3 Å². The normalized spacial score (nSPS) is 9.55. The van der Waals surface area contributed by atoms with Gasteiger partial charge >= 0.3 is 5.97 Å². The van der Waals surface area contributed by atoms with E-state index in [2.05, 4.69) is 4.98 Å². The number of carbonyl (C=O) groups is 1. The summed E-state index contributed by atoms with van der Waals surface area (Å²) in [5.41, 5.74) is 0. The van der Waals surface area contributed by atoms with Gasteiger partial charge in [-0.25, -0.2) is 4.98 Å². The van der Waals surface area contributed by atoms with Crippen LogP contribution in [0.2, 0.25) is 0 Å². The second-order valence-electron chi connectivity index (χ2n) is 1.98. The zero-order valence-electron chi connectivity index (χ0n) is 6.02. The van der Waals surface area contributed by atoms with E-state index in [1.54, 1.807) is 0 Å². The molecule has 1 rings (SSSR count). The third-order valence-corrected chi connectivity index (χ3v) is 1.14. The topological polar surface area (TPSA) is 64.3 Å². The highest BCUT2D eigenvalue weighted by Gasteiger charge is 2.00. The Hall–Kier alpha value is -1.52. The van der Waals surface area contributed by atoms with E-state index >= 15 is 0 Å². The molecule has 60 valence electrons. The Morgan fingerprint density at radius 1 is 1.91 bits per heavy atom. The van der Waals surface area contributed by atoms with Gasteiger partial charge in [0, 0.05) is 0 Å². The Bertz CT molecular complexity index is 256. The Labute approximate surface area is 63.2 Å². The first-order valence-corrected chi connectivity index (χ1v) is 3.00. The van der Waals surface area contributed by atoms with Gasteiger partial charge < -0.3 is 14.4 Å². The van der Waals surface area contributed by atoms with Gasteiger partial charge in [0.25, 0.3) is 0 Å². The first-order chi connectivity index (χ1) is 5.22. The third-order valence-electron chi connectivity index (χ3n) is 1.14. The fraction of sp³-hybridized carbons (Fsp3) is 0.333. The maximum absolute atomic E-state index is 10.2. The van der Waals surface area contributed by atoms with Crippen LogP contribution in [0, 0.1) is 0 Å². The number of imidazole rings is 1. The molecule has 0 aliphatic rings. The van der Waals surface area contributed by atoms with Gasteiger partial charge in [0.05, 0.1) is 19.6 Å². The summed E-state index contributed by atoms with van der Waals surface area (Å²) in [7, 11) is 1.48. The molecule has 0 radical (unpaired) electrons. The summed E-state index contributed by atoms with van der Waals surface area (Å²) in [6.07, 6.45) is 2.93. The number of aromatic nitrogens is 2. The van der Waals surface area contributed by atoms with Crippen molar-refractivity contribution in [2.75, 3.05) is 7.11 Å². The lowest BCUT2D eigenvalue weighted by Gasteiger charge is -1.93. The Morgan fingerprint density at radius 2 is 2.64 bits per heavy atom. The van der Waals surface area contributed by atoms with Crippen molar-refractivity contribution < 1.29 is 14.6 Å². The minimum atomic E-state index is -0.898. The van der Waals surface area contributed by atoms with Gasteiger partial charge in [-0.15, -0.1) is 0 Å². The molecule has 1 N–H and O–H groups in total. The monoisotopic (exact) mass is 156 g/mol. The molecular formula is C6H8N2O3. The molecule has 11 heavy (non-hydrogen) atoms. The predicted molar refractivity (Wildman–Crippen MR) is 36.4 cm³/mol. The molecule has 0 unspecified atom stereocenters. The summed E-state index contributed by atoms with van der Waals surface area (Å²) in [6.45, 7) is -0.0869. The molecule has 0 atom stereocenters. The first-order valence-electron chi connectivity index (χ1n) is 3.00. The summed E-state index contributed by atoms with van der Waals surface area (Å²) in [5, 5.41) is 8.36. The molecule has 0 spiro atoms. The number of carboxylic acids is 1. The minimum Gasteiger partial charge on any atom is -0.480 e. The van der Waals surface area contributed by atoms with Crippen molar-refractivity contribution in [1.29, 1.82) is 0 Å². The van der Waals surface area contributed by atoms with Crippen molar-refractivity contribution in [3.05, 3.63) is 12.5 Å². The summed E-state index contributed by atoms with van der Waals surface area (Å²) >= 11 is 0. The van der Waals surface area contributed by atoms with Gasteiger partial charge in [-0.3, -0.25) is 4.79 Å². The molecule has 5 nitrogen and oxygen atoms in total. The third kappa shape index (κ3) is 1.96. The van der Waals surface area contributed by atoms with Crippen LogP contribution >= 0.6 is 0 Å². The molecule has 1 aromatic heterocycles. The number of carboxylic acid groups (broad SMARTS) is 1. The number of rotatable bonds is 3. The Morgan fingerprint density at radius 3 is 3.09 bits per heavy atom. The van der Waals surface area contributed by atoms with E-state index < -0.39 is 5.97 Å². The van der Waals surface area contributed by atoms with Crippen molar-refractivity contribution in [1.82, 2.24) is 9.55 Å². The van der Waals surface area contributed by atoms with Gasteiger partial charge in [0.2, 0.25) is 5.88 Å². The van der Waals surface area contributed by atoms with Gasteiger partial charge in [-0.05, 0) is 0 Å². The van der Waals surface area contributed by atoms with E-state index in [9.17, 15) is 4.79 Å². The summed E-state index contributed by atoms with van der Waals surface area (Å²) < 4.78 is 6.18. The molecule has 0 aliphatic heterocycles. The number of ether oxygens (including phenoxy) is 1. The molecule has 0 fully saturated rings. The average Bonchev–Trinajstić information content (AvgIpc) is 2.34. The van der Waals surface area contributed by atoms with Crippen LogP contribution in [0.1, 0.15) is 0 Å². The molecular weight excluding hydrogens is 148 g/mol. The van der Waals surface area contributed by atoms with Gasteiger partial charge in [0.15, 0.2) is 0 Å². The zero-order valence-corrected chi connectivity index (χ0v) is 6.02. The van der Waals surface area contributed by atoms with Crippen molar-refractivity contribution in [3.63, 3.8) is 0 Å². The fourth-order valence-corrected chi connectivity index (χ4v) is 0.688. The number of hydrogen-bond donors (Lipinski definition) is 1. The quantitative estimate of drug-likeness (QED) is 0.667. The highest BCUT2D eigenvalue weighted by atomic mass is 16.5. The van der Waals surface area contributed by atoms with Crippen molar-refractivity contribution >= 4 is 5.97 Å². The second kappa shape index (κ2) is 3.05. The molecule has 0 saturated heterocycles. The number of aliphatic carboxylic acids is 1. The lowest BCUT2D eigenvalue weighted by molar-refractivity contribution is -0.137. The van der Waals surface area contributed by atoms with Gasteiger partial charge in [-0.2, -0.15) is 0 Å². The molecule has 0 aliphatic carbocycles. The molecule has 0 amide bonds. The summed E-state index contributed by atoms with van der Waals surface area (Å²) in [4.78, 5) is 13.9. The molecule has 0 bridgehead atoms. The van der Waals surface area contributed by atoms with Crippen LogP contribution in [0.3, 0.4) is 0 Å². The Kier molecular flexibility index (Phi) is 2.10. The fourth-order valence-electron chi connectivity index (χ4n) is 0.688. The Balaban J connectivity index is 2.65. The first kappa shape index (κ1) is 7.59. The lowest BCUT2D eigenvalue weighted by Crippen LogP contribution is -2.06. The summed E-state index contributed by atoms with van der Waals surface area (Å²) in [6, 6.07) is 0. The SMILES string of the molecule is COc1cn(CC(=O)O)cn1. The van der Waals surface area contributed by atoms with E-state index in [0.29, 0.717) is 5.88 Å². The van der Waals surface area contributed by atoms with E-state index in [-0.39, 0.29) is 6.54 Å².